The number of aromatic nitrogens is 1. The summed E-state index contributed by atoms with van der Waals surface area (Å²) in [5.74, 6) is 0. The summed E-state index contributed by atoms with van der Waals surface area (Å²) in [7, 11) is 0. The van der Waals surface area contributed by atoms with Crippen molar-refractivity contribution in [3.8, 4) is 22.3 Å². The molecule has 0 fully saturated rings. The van der Waals surface area contributed by atoms with Crippen LogP contribution < -0.4 is 5.56 Å². The molecule has 2 heterocycles. The van der Waals surface area contributed by atoms with E-state index in [-0.39, 0.29) is 5.56 Å². The zero-order valence-electron chi connectivity index (χ0n) is 22.4. The molecule has 2 heteroatoms. The average molecular weight is 524 g/mol. The number of rotatable bonds is 2. The number of hydrogen-bond acceptors (Lipinski definition) is 1. The van der Waals surface area contributed by atoms with Gasteiger partial charge in [-0.15, -0.1) is 0 Å². The van der Waals surface area contributed by atoms with E-state index in [0.29, 0.717) is 0 Å². The van der Waals surface area contributed by atoms with Gasteiger partial charge in [-0.05, 0) is 85.8 Å². The van der Waals surface area contributed by atoms with Gasteiger partial charge < -0.3 is 0 Å². The van der Waals surface area contributed by atoms with E-state index < -0.39 is 0 Å². The lowest BCUT2D eigenvalue weighted by atomic mass is 9.85. The highest BCUT2D eigenvalue weighted by Crippen LogP contribution is 2.44. The third-order valence-corrected chi connectivity index (χ3v) is 9.00. The lowest BCUT2D eigenvalue weighted by Gasteiger charge is -2.18. The molecule has 0 spiro atoms. The van der Waals surface area contributed by atoms with Crippen LogP contribution in [0, 0.1) is 0 Å². The lowest BCUT2D eigenvalue weighted by molar-refractivity contribution is 0.973. The summed E-state index contributed by atoms with van der Waals surface area (Å²) >= 11 is 0. The summed E-state index contributed by atoms with van der Waals surface area (Å²) in [5, 5.41) is 9.02. The molecule has 2 aromatic heterocycles. The molecule has 0 bridgehead atoms. The molecule has 0 radical (unpaired) electrons. The van der Waals surface area contributed by atoms with Crippen LogP contribution in [-0.2, 0) is 6.42 Å². The van der Waals surface area contributed by atoms with Gasteiger partial charge in [0.25, 0.3) is 5.56 Å². The van der Waals surface area contributed by atoms with Crippen LogP contribution in [0.25, 0.3) is 76.9 Å². The second-order valence-electron chi connectivity index (χ2n) is 11.1. The van der Waals surface area contributed by atoms with Gasteiger partial charge >= 0.3 is 0 Å². The van der Waals surface area contributed by atoms with Crippen molar-refractivity contribution in [3.05, 3.63) is 143 Å². The predicted molar refractivity (Wildman–Crippen MR) is 173 cm³/mol. The fourth-order valence-electron chi connectivity index (χ4n) is 7.29. The number of benzene rings is 6. The molecule has 0 unspecified atom stereocenters. The summed E-state index contributed by atoms with van der Waals surface area (Å²) < 4.78 is 1.96. The molecule has 0 aliphatic heterocycles. The quantitative estimate of drug-likeness (QED) is 0.163. The van der Waals surface area contributed by atoms with Crippen molar-refractivity contribution >= 4 is 54.7 Å². The van der Waals surface area contributed by atoms with Gasteiger partial charge in [-0.1, -0.05) is 109 Å². The molecular formula is C39H25NO. The van der Waals surface area contributed by atoms with Gasteiger partial charge in [-0.3, -0.25) is 9.20 Å². The number of fused-ring (bicyclic) bond motifs is 7. The minimum absolute atomic E-state index is 0.0668. The fraction of sp³-hybridized carbons (Fsp3) is 0.0513. The summed E-state index contributed by atoms with van der Waals surface area (Å²) in [6, 6.07) is 41.1. The monoisotopic (exact) mass is 523 g/mol. The molecule has 0 N–H and O–H groups in total. The van der Waals surface area contributed by atoms with Crippen molar-refractivity contribution in [2.75, 3.05) is 0 Å². The minimum atomic E-state index is 0.0668. The molecule has 2 nitrogen and oxygen atoms in total. The maximum atomic E-state index is 14.0. The number of nitrogens with zero attached hydrogens (tertiary/aromatic N) is 1. The van der Waals surface area contributed by atoms with Gasteiger partial charge in [0.2, 0.25) is 0 Å². The van der Waals surface area contributed by atoms with E-state index in [1.165, 1.54) is 49.2 Å². The highest BCUT2D eigenvalue weighted by atomic mass is 16.1. The van der Waals surface area contributed by atoms with E-state index in [1.54, 1.807) is 0 Å². The van der Waals surface area contributed by atoms with Crippen LogP contribution >= 0.6 is 0 Å². The van der Waals surface area contributed by atoms with Gasteiger partial charge in [0, 0.05) is 16.2 Å². The Hall–Kier alpha value is -5.21. The fourth-order valence-corrected chi connectivity index (χ4v) is 7.29. The van der Waals surface area contributed by atoms with Crippen molar-refractivity contribution in [1.29, 1.82) is 0 Å². The molecule has 1 aliphatic carbocycles. The Labute approximate surface area is 236 Å². The largest absolute Gasteiger partial charge is 0.275 e. The van der Waals surface area contributed by atoms with Gasteiger partial charge in [-0.25, -0.2) is 0 Å². The number of pyridine rings is 1. The van der Waals surface area contributed by atoms with Gasteiger partial charge in [0.1, 0.15) is 0 Å². The smallest absolute Gasteiger partial charge is 0.263 e. The van der Waals surface area contributed by atoms with E-state index in [1.807, 2.05) is 10.5 Å². The van der Waals surface area contributed by atoms with Crippen LogP contribution in [-0.4, -0.2) is 4.40 Å². The van der Waals surface area contributed by atoms with Crippen molar-refractivity contribution in [3.63, 3.8) is 0 Å². The maximum absolute atomic E-state index is 14.0. The average Bonchev–Trinajstić information content (AvgIpc) is 3.38. The lowest BCUT2D eigenvalue weighted by Crippen LogP contribution is -2.15. The first kappa shape index (κ1) is 22.6. The third kappa shape index (κ3) is 3.05. The topological polar surface area (TPSA) is 21.5 Å². The molecule has 0 amide bonds. The van der Waals surface area contributed by atoms with Crippen molar-refractivity contribution < 1.29 is 0 Å². The first-order valence-electron chi connectivity index (χ1n) is 14.3. The molecule has 41 heavy (non-hydrogen) atoms. The second kappa shape index (κ2) is 8.39. The molecule has 192 valence electrons. The van der Waals surface area contributed by atoms with Crippen LogP contribution in [0.4, 0.5) is 0 Å². The summed E-state index contributed by atoms with van der Waals surface area (Å²) in [6.07, 6.45) is 6.30. The molecule has 8 aromatic rings. The number of hydrogen-bond donors (Lipinski definition) is 0. The molecule has 0 atom stereocenters. The van der Waals surface area contributed by atoms with Gasteiger partial charge in [-0.2, -0.15) is 0 Å². The van der Waals surface area contributed by atoms with Crippen LogP contribution in [0.15, 0.2) is 126 Å². The number of para-hydroxylation sites is 1. The van der Waals surface area contributed by atoms with E-state index in [9.17, 15) is 4.79 Å². The molecular weight excluding hydrogens is 498 g/mol. The van der Waals surface area contributed by atoms with E-state index in [2.05, 4.69) is 121 Å². The number of allylic oxidation sites excluding steroid dienone is 1. The Morgan fingerprint density at radius 1 is 0.512 bits per heavy atom. The van der Waals surface area contributed by atoms with E-state index in [0.717, 1.165) is 45.8 Å². The molecule has 9 rings (SSSR count). The Morgan fingerprint density at radius 3 is 1.83 bits per heavy atom. The predicted octanol–water partition coefficient (Wildman–Crippen LogP) is 9.64. The van der Waals surface area contributed by atoms with Crippen LogP contribution in [0.5, 0.6) is 0 Å². The third-order valence-electron chi connectivity index (χ3n) is 9.00. The summed E-state index contributed by atoms with van der Waals surface area (Å²) in [6.45, 7) is 0. The summed E-state index contributed by atoms with van der Waals surface area (Å²) in [5.41, 5.74) is 8.27. The second-order valence-corrected chi connectivity index (χ2v) is 11.1. The molecule has 0 saturated heterocycles. The highest BCUT2D eigenvalue weighted by Gasteiger charge is 2.22. The van der Waals surface area contributed by atoms with Gasteiger partial charge in [0.15, 0.2) is 0 Å². The first-order valence-corrected chi connectivity index (χ1v) is 14.3. The number of aryl methyl sites for hydroxylation is 1. The van der Waals surface area contributed by atoms with E-state index >= 15 is 0 Å². The van der Waals surface area contributed by atoms with Crippen molar-refractivity contribution in [1.82, 2.24) is 4.40 Å². The van der Waals surface area contributed by atoms with Crippen molar-refractivity contribution in [2.45, 2.75) is 12.8 Å². The molecule has 0 saturated carbocycles. The van der Waals surface area contributed by atoms with E-state index in [4.69, 9.17) is 0 Å². The standard InChI is InChI=1S/C39H25NO/c41-39-33-22-21-25(23-34(33)32-19-10-18-31-26-13-8-9-20-35(26)40(39)38(31)32)37-29-16-6-4-14-27(29)36(24-11-2-1-3-12-24)28-15-5-7-17-30(28)37/h1-7,9-12,14-23H,8,13H2. The zero-order chi connectivity index (χ0) is 27.1. The molecule has 6 aromatic carbocycles. The Morgan fingerprint density at radius 2 is 1.12 bits per heavy atom. The normalized spacial score (nSPS) is 13.2. The zero-order valence-corrected chi connectivity index (χ0v) is 22.4. The first-order chi connectivity index (χ1) is 20.3. The van der Waals surface area contributed by atoms with Crippen LogP contribution in [0.1, 0.15) is 17.7 Å². The Bertz CT molecular complexity index is 2370. The van der Waals surface area contributed by atoms with Crippen LogP contribution in [0.3, 0.4) is 0 Å². The van der Waals surface area contributed by atoms with Gasteiger partial charge in [0.05, 0.1) is 11.2 Å². The summed E-state index contributed by atoms with van der Waals surface area (Å²) in [4.78, 5) is 14.0. The highest BCUT2D eigenvalue weighted by molar-refractivity contribution is 6.22. The van der Waals surface area contributed by atoms with Crippen molar-refractivity contribution in [2.24, 2.45) is 0 Å². The Balaban J connectivity index is 1.42. The van der Waals surface area contributed by atoms with Crippen LogP contribution in [0.2, 0.25) is 0 Å². The molecule has 1 aliphatic rings. The minimum Gasteiger partial charge on any atom is -0.275 e. The SMILES string of the molecule is O=c1c2ccc(-c3c4ccccc4c(-c4ccccc4)c4ccccc34)cc2c2cccc3c4c(n1c32)C=CCC4. The maximum Gasteiger partial charge on any atom is 0.263 e. The Kier molecular flexibility index (Phi) is 4.63.